The van der Waals surface area contributed by atoms with Crippen LogP contribution in [0.3, 0.4) is 0 Å². The van der Waals surface area contributed by atoms with Gasteiger partial charge in [0.25, 0.3) is 5.91 Å². The van der Waals surface area contributed by atoms with E-state index in [1.807, 2.05) is 0 Å². The van der Waals surface area contributed by atoms with Gasteiger partial charge in [-0.1, -0.05) is 0 Å². The topological polar surface area (TPSA) is 75.7 Å². The van der Waals surface area contributed by atoms with Crippen LogP contribution < -0.4 is 10.1 Å². The summed E-state index contributed by atoms with van der Waals surface area (Å²) in [7, 11) is 0. The van der Waals surface area contributed by atoms with Crippen molar-refractivity contribution in [3.8, 4) is 5.75 Å². The number of halogens is 4. The summed E-state index contributed by atoms with van der Waals surface area (Å²) >= 11 is 0. The third kappa shape index (κ3) is 3.91. The molecule has 1 aliphatic heterocycles. The Kier molecular flexibility index (Phi) is 5.27. The molecule has 3 rings (SSSR count). The van der Waals surface area contributed by atoms with E-state index in [9.17, 15) is 31.9 Å². The van der Waals surface area contributed by atoms with E-state index < -0.39 is 48.1 Å². The zero-order valence-electron chi connectivity index (χ0n) is 14.9. The predicted octanol–water partition coefficient (Wildman–Crippen LogP) is 3.22. The number of urea groups is 1. The van der Waals surface area contributed by atoms with E-state index in [2.05, 4.69) is 10.1 Å². The molecule has 6 nitrogen and oxygen atoms in total. The summed E-state index contributed by atoms with van der Waals surface area (Å²) in [5.74, 6) is -3.46. The van der Waals surface area contributed by atoms with Gasteiger partial charge in [-0.25, -0.2) is 13.6 Å². The number of imide groups is 1. The molecule has 1 atom stereocenters. The Bertz CT molecular complexity index is 981. The summed E-state index contributed by atoms with van der Waals surface area (Å²) in [6.45, 7) is -2.50. The van der Waals surface area contributed by atoms with Gasteiger partial charge in [0.05, 0.1) is 6.54 Å². The molecule has 0 radical (unpaired) electrons. The highest BCUT2D eigenvalue weighted by molar-refractivity contribution is 6.11. The van der Waals surface area contributed by atoms with Crippen molar-refractivity contribution in [2.24, 2.45) is 0 Å². The number of rotatable bonds is 6. The maximum atomic E-state index is 14.1. The van der Waals surface area contributed by atoms with Crippen molar-refractivity contribution in [1.82, 2.24) is 10.2 Å². The minimum Gasteiger partial charge on any atom is -0.435 e. The first-order valence-corrected chi connectivity index (χ1v) is 8.29. The van der Waals surface area contributed by atoms with Crippen molar-refractivity contribution in [2.75, 3.05) is 6.54 Å². The van der Waals surface area contributed by atoms with Crippen molar-refractivity contribution >= 4 is 17.7 Å². The first kappa shape index (κ1) is 20.3. The summed E-state index contributed by atoms with van der Waals surface area (Å²) in [5, 5.41) is 2.28. The van der Waals surface area contributed by atoms with Crippen LogP contribution in [0, 0.1) is 11.6 Å². The van der Waals surface area contributed by atoms with Gasteiger partial charge in [0, 0.05) is 11.1 Å². The Balaban J connectivity index is 1.79. The maximum Gasteiger partial charge on any atom is 0.387 e. The lowest BCUT2D eigenvalue weighted by atomic mass is 9.91. The lowest BCUT2D eigenvalue weighted by Crippen LogP contribution is -2.42. The summed E-state index contributed by atoms with van der Waals surface area (Å²) in [6, 6.07) is 6.20. The number of ketones is 1. The molecule has 1 N–H and O–H groups in total. The van der Waals surface area contributed by atoms with Gasteiger partial charge in [-0.2, -0.15) is 8.78 Å². The molecule has 0 unspecified atom stereocenters. The van der Waals surface area contributed by atoms with Crippen molar-refractivity contribution in [3.63, 3.8) is 0 Å². The van der Waals surface area contributed by atoms with Crippen LogP contribution in [-0.4, -0.2) is 35.8 Å². The van der Waals surface area contributed by atoms with Gasteiger partial charge in [0.1, 0.15) is 22.9 Å². The molecule has 2 aromatic rings. The molecular formula is C19H14F4N2O4. The maximum absolute atomic E-state index is 14.1. The number of ether oxygens (including phenoxy) is 1. The van der Waals surface area contributed by atoms with Crippen LogP contribution in [0.1, 0.15) is 22.8 Å². The highest BCUT2D eigenvalue weighted by atomic mass is 19.3. The van der Waals surface area contributed by atoms with Gasteiger partial charge in [-0.15, -0.1) is 0 Å². The number of alkyl halides is 2. The van der Waals surface area contributed by atoms with Crippen molar-refractivity contribution in [1.29, 1.82) is 0 Å². The average Bonchev–Trinajstić information content (AvgIpc) is 2.87. The number of benzene rings is 2. The standard InChI is InChI=1S/C19H14F4N2O4/c1-19(13-8-11(20)4-7-14(13)21)16(27)25(18(28)24-19)9-15(26)10-2-5-12(6-3-10)29-17(22)23/h2-8,17H,9H2,1H3,(H,24,28)/t19-/m1/s1. The number of nitrogens with one attached hydrogen (secondary N) is 1. The van der Waals surface area contributed by atoms with Crippen LogP contribution in [-0.2, 0) is 10.3 Å². The van der Waals surface area contributed by atoms with E-state index in [1.165, 1.54) is 19.1 Å². The van der Waals surface area contributed by atoms with Gasteiger partial charge < -0.3 is 10.1 Å². The molecule has 1 fully saturated rings. The number of amides is 3. The Morgan fingerprint density at radius 1 is 1.14 bits per heavy atom. The van der Waals surface area contributed by atoms with Crippen LogP contribution in [0.25, 0.3) is 0 Å². The Hall–Kier alpha value is -3.43. The summed E-state index contributed by atoms with van der Waals surface area (Å²) in [4.78, 5) is 38.0. The molecular weight excluding hydrogens is 396 g/mol. The zero-order valence-corrected chi connectivity index (χ0v) is 14.9. The monoisotopic (exact) mass is 410 g/mol. The third-order valence-electron chi connectivity index (χ3n) is 4.45. The van der Waals surface area contributed by atoms with Gasteiger partial charge in [-0.05, 0) is 49.4 Å². The van der Waals surface area contributed by atoms with E-state index in [-0.39, 0.29) is 16.9 Å². The number of carbonyl (C=O) groups excluding carboxylic acids is 3. The smallest absolute Gasteiger partial charge is 0.387 e. The van der Waals surface area contributed by atoms with E-state index in [4.69, 9.17) is 0 Å². The van der Waals surface area contributed by atoms with Crippen LogP contribution in [0.5, 0.6) is 5.75 Å². The van der Waals surface area contributed by atoms with E-state index in [0.29, 0.717) is 4.90 Å². The van der Waals surface area contributed by atoms with Gasteiger partial charge in [0.2, 0.25) is 0 Å². The molecule has 0 aromatic heterocycles. The van der Waals surface area contributed by atoms with Crippen LogP contribution in [0.15, 0.2) is 42.5 Å². The van der Waals surface area contributed by atoms with E-state index in [0.717, 1.165) is 30.3 Å². The molecule has 10 heteroatoms. The predicted molar refractivity (Wildman–Crippen MR) is 91.4 cm³/mol. The minimum atomic E-state index is -3.02. The summed E-state index contributed by atoms with van der Waals surface area (Å²) in [5.41, 5.74) is -2.23. The van der Waals surface area contributed by atoms with Crippen LogP contribution in [0.2, 0.25) is 0 Å². The van der Waals surface area contributed by atoms with Crippen LogP contribution >= 0.6 is 0 Å². The lowest BCUT2D eigenvalue weighted by molar-refractivity contribution is -0.130. The quantitative estimate of drug-likeness (QED) is 0.451. The molecule has 0 aliphatic carbocycles. The fraction of sp³-hybridized carbons (Fsp3) is 0.211. The Labute approximate surface area is 162 Å². The zero-order chi connectivity index (χ0) is 21.3. The molecule has 0 bridgehead atoms. The second-order valence-electron chi connectivity index (χ2n) is 6.40. The third-order valence-corrected chi connectivity index (χ3v) is 4.45. The summed E-state index contributed by atoms with van der Waals surface area (Å²) < 4.78 is 56.2. The fourth-order valence-electron chi connectivity index (χ4n) is 2.96. The highest BCUT2D eigenvalue weighted by Gasteiger charge is 2.50. The molecule has 1 aliphatic rings. The van der Waals surface area contributed by atoms with E-state index in [1.54, 1.807) is 0 Å². The molecule has 3 amide bonds. The van der Waals surface area contributed by atoms with Gasteiger partial charge in [0.15, 0.2) is 5.78 Å². The summed E-state index contributed by atoms with van der Waals surface area (Å²) in [6.07, 6.45) is 0. The molecule has 29 heavy (non-hydrogen) atoms. The number of Topliss-reactive ketones (excluding diaryl/α,β-unsaturated/α-hetero) is 1. The van der Waals surface area contributed by atoms with Gasteiger partial charge >= 0.3 is 12.6 Å². The van der Waals surface area contributed by atoms with Gasteiger partial charge in [-0.3, -0.25) is 14.5 Å². The largest absolute Gasteiger partial charge is 0.435 e. The molecule has 152 valence electrons. The number of hydrogen-bond donors (Lipinski definition) is 1. The second kappa shape index (κ2) is 7.53. The Morgan fingerprint density at radius 2 is 1.79 bits per heavy atom. The first-order valence-electron chi connectivity index (χ1n) is 8.29. The average molecular weight is 410 g/mol. The molecule has 0 spiro atoms. The highest BCUT2D eigenvalue weighted by Crippen LogP contribution is 2.31. The molecule has 2 aromatic carbocycles. The Morgan fingerprint density at radius 3 is 2.41 bits per heavy atom. The SMILES string of the molecule is C[C@]1(c2cc(F)ccc2F)NC(=O)N(CC(=O)c2ccc(OC(F)F)cc2)C1=O. The lowest BCUT2D eigenvalue weighted by Gasteiger charge is -2.22. The van der Waals surface area contributed by atoms with E-state index >= 15 is 0 Å². The normalized spacial score (nSPS) is 18.9. The molecule has 1 heterocycles. The molecule has 1 saturated heterocycles. The number of nitrogens with zero attached hydrogens (tertiary/aromatic N) is 1. The second-order valence-corrected chi connectivity index (χ2v) is 6.40. The van der Waals surface area contributed by atoms with Crippen LogP contribution in [0.4, 0.5) is 22.4 Å². The molecule has 0 saturated carbocycles. The minimum absolute atomic E-state index is 0.0396. The number of carbonyl (C=O) groups is 3. The van der Waals surface area contributed by atoms with Crippen molar-refractivity contribution in [2.45, 2.75) is 19.1 Å². The fourth-order valence-corrected chi connectivity index (χ4v) is 2.96. The number of hydrogen-bond acceptors (Lipinski definition) is 4. The first-order chi connectivity index (χ1) is 13.6. The van der Waals surface area contributed by atoms with Crippen molar-refractivity contribution in [3.05, 3.63) is 65.2 Å². The van der Waals surface area contributed by atoms with Crippen molar-refractivity contribution < 1.29 is 36.7 Å².